The topological polar surface area (TPSA) is 36.2 Å². The second-order valence-electron chi connectivity index (χ2n) is 2.37. The molecule has 0 fully saturated rings. The Morgan fingerprint density at radius 1 is 1.23 bits per heavy atom. The molecule has 1 aromatic rings. The zero-order valence-corrected chi connectivity index (χ0v) is 7.83. The minimum Gasteiger partial charge on any atom is -0.317 e. The number of rotatable bonds is 2. The Balaban J connectivity index is 0.000000671. The maximum Gasteiger partial charge on any atom is 0.0340 e. The van der Waals surface area contributed by atoms with Gasteiger partial charge in [-0.3, -0.25) is 4.99 Å². The second kappa shape index (κ2) is 6.98. The lowest BCUT2D eigenvalue weighted by Crippen LogP contribution is -1.79. The Hall–Kier alpha value is -1.70. The predicted molar refractivity (Wildman–Crippen MR) is 58.8 cm³/mol. The number of aliphatic imine (C=N–C) groups is 1. The summed E-state index contributed by atoms with van der Waals surface area (Å²) in [4.78, 5) is 3.91. The fourth-order valence-corrected chi connectivity index (χ4v) is 0.791. The summed E-state index contributed by atoms with van der Waals surface area (Å²) in [5, 5.41) is 5.50. The summed E-state index contributed by atoms with van der Waals surface area (Å²) in [6.45, 7) is 8.06. The molecule has 2 heteroatoms. The van der Waals surface area contributed by atoms with Crippen LogP contribution in [0.15, 0.2) is 42.0 Å². The molecule has 0 heterocycles. The molecule has 68 valence electrons. The van der Waals surface area contributed by atoms with Crippen molar-refractivity contribution in [1.29, 1.82) is 5.41 Å². The zero-order valence-electron chi connectivity index (χ0n) is 7.83. The van der Waals surface area contributed by atoms with Crippen LogP contribution >= 0.6 is 0 Å². The summed E-state index contributed by atoms with van der Waals surface area (Å²) in [7, 11) is 0. The van der Waals surface area contributed by atoms with E-state index in [1.165, 1.54) is 11.8 Å². The quantitative estimate of drug-likeness (QED) is 0.669. The van der Waals surface area contributed by atoms with E-state index in [4.69, 9.17) is 5.41 Å². The number of nitrogens with one attached hydrogen (secondary N) is 1. The molecule has 0 radical (unpaired) electrons. The van der Waals surface area contributed by atoms with Gasteiger partial charge in [0.15, 0.2) is 0 Å². The Morgan fingerprint density at radius 3 is 2.23 bits per heavy atom. The lowest BCUT2D eigenvalue weighted by molar-refractivity contribution is 1.46. The van der Waals surface area contributed by atoms with Gasteiger partial charge in [-0.25, -0.2) is 0 Å². The van der Waals surface area contributed by atoms with E-state index in [1.54, 1.807) is 6.21 Å². The molecule has 0 aliphatic carbocycles. The van der Waals surface area contributed by atoms with E-state index in [1.807, 2.05) is 12.1 Å². The molecule has 2 nitrogen and oxygen atoms in total. The third-order valence-electron chi connectivity index (χ3n) is 1.41. The first kappa shape index (κ1) is 11.3. The fraction of sp³-hybridized carbons (Fsp3) is 0.0909. The van der Waals surface area contributed by atoms with Gasteiger partial charge in [-0.2, -0.15) is 0 Å². The van der Waals surface area contributed by atoms with E-state index in [2.05, 4.69) is 37.3 Å². The summed E-state index contributed by atoms with van der Waals surface area (Å²) >= 11 is 0. The summed E-state index contributed by atoms with van der Waals surface area (Å²) in [5.41, 5.74) is 2.37. The molecule has 0 aliphatic rings. The van der Waals surface area contributed by atoms with Crippen molar-refractivity contribution < 1.29 is 0 Å². The van der Waals surface area contributed by atoms with Gasteiger partial charge >= 0.3 is 0 Å². The molecule has 0 aromatic heterocycles. The van der Waals surface area contributed by atoms with Crippen LogP contribution in [0.5, 0.6) is 0 Å². The van der Waals surface area contributed by atoms with Crippen molar-refractivity contribution in [3.05, 3.63) is 48.2 Å². The largest absolute Gasteiger partial charge is 0.317 e. The van der Waals surface area contributed by atoms with Crippen LogP contribution in [0.25, 0.3) is 0 Å². The molecule has 0 amide bonds. The average Bonchev–Trinajstić information content (AvgIpc) is 2.20. The standard InChI is InChI=1S/C10H11N.CH3N/c1-3-11-8-10-6-4-9(2)5-7-10;1-2/h3-8H,1H2,2H3;2H,1H2. The summed E-state index contributed by atoms with van der Waals surface area (Å²) in [6.07, 6.45) is 3.31. The third kappa shape index (κ3) is 4.69. The molecule has 0 unspecified atom stereocenters. The maximum atomic E-state index is 5.50. The molecule has 1 rings (SSSR count). The zero-order chi connectivity index (χ0) is 10.1. The van der Waals surface area contributed by atoms with Crippen LogP contribution in [0.1, 0.15) is 11.1 Å². The molecular formula is C11H14N2. The summed E-state index contributed by atoms with van der Waals surface area (Å²) in [6, 6.07) is 8.18. The van der Waals surface area contributed by atoms with Crippen LogP contribution in [-0.2, 0) is 0 Å². The molecule has 0 saturated carbocycles. The third-order valence-corrected chi connectivity index (χ3v) is 1.41. The van der Waals surface area contributed by atoms with Gasteiger partial charge in [-0.15, -0.1) is 0 Å². The Labute approximate surface area is 79.2 Å². The highest BCUT2D eigenvalue weighted by Crippen LogP contribution is 1.99. The van der Waals surface area contributed by atoms with Crippen LogP contribution < -0.4 is 0 Å². The first-order valence-electron chi connectivity index (χ1n) is 3.89. The number of benzene rings is 1. The molecule has 1 N–H and O–H groups in total. The number of hydrogen-bond donors (Lipinski definition) is 1. The average molecular weight is 174 g/mol. The van der Waals surface area contributed by atoms with Crippen molar-refractivity contribution in [2.24, 2.45) is 4.99 Å². The minimum absolute atomic E-state index is 1.11. The number of hydrogen-bond acceptors (Lipinski definition) is 2. The van der Waals surface area contributed by atoms with E-state index in [0.29, 0.717) is 0 Å². The van der Waals surface area contributed by atoms with E-state index in [-0.39, 0.29) is 0 Å². The highest BCUT2D eigenvalue weighted by molar-refractivity contribution is 5.79. The molecule has 0 aliphatic heterocycles. The summed E-state index contributed by atoms with van der Waals surface area (Å²) < 4.78 is 0. The van der Waals surface area contributed by atoms with Crippen LogP contribution in [0.4, 0.5) is 0 Å². The SMILES string of the molecule is C=CN=Cc1ccc(C)cc1.C=N. The van der Waals surface area contributed by atoms with Crippen LogP contribution in [0.2, 0.25) is 0 Å². The molecule has 0 bridgehead atoms. The maximum absolute atomic E-state index is 5.50. The van der Waals surface area contributed by atoms with Crippen molar-refractivity contribution in [3.63, 3.8) is 0 Å². The van der Waals surface area contributed by atoms with Gasteiger partial charge in [0.25, 0.3) is 0 Å². The van der Waals surface area contributed by atoms with Crippen molar-refractivity contribution in [1.82, 2.24) is 0 Å². The Bertz CT molecular complexity index is 273. The van der Waals surface area contributed by atoms with Gasteiger partial charge in [0, 0.05) is 12.4 Å². The monoisotopic (exact) mass is 174 g/mol. The predicted octanol–water partition coefficient (Wildman–Crippen LogP) is 2.82. The van der Waals surface area contributed by atoms with Crippen LogP contribution in [-0.4, -0.2) is 12.9 Å². The van der Waals surface area contributed by atoms with E-state index < -0.39 is 0 Å². The number of aryl methyl sites for hydroxylation is 1. The smallest absolute Gasteiger partial charge is 0.0340 e. The Morgan fingerprint density at radius 2 is 1.77 bits per heavy atom. The van der Waals surface area contributed by atoms with E-state index in [9.17, 15) is 0 Å². The molecule has 1 aromatic carbocycles. The van der Waals surface area contributed by atoms with Gasteiger partial charge in [0.2, 0.25) is 0 Å². The van der Waals surface area contributed by atoms with Crippen molar-refractivity contribution in [2.75, 3.05) is 0 Å². The first-order valence-corrected chi connectivity index (χ1v) is 3.89. The molecular weight excluding hydrogens is 160 g/mol. The first-order chi connectivity index (χ1) is 6.33. The highest BCUT2D eigenvalue weighted by Gasteiger charge is 1.84. The van der Waals surface area contributed by atoms with Crippen molar-refractivity contribution in [3.8, 4) is 0 Å². The number of nitrogens with zero attached hydrogens (tertiary/aromatic N) is 1. The molecule has 0 spiro atoms. The highest BCUT2D eigenvalue weighted by atomic mass is 14.6. The summed E-state index contributed by atoms with van der Waals surface area (Å²) in [5.74, 6) is 0. The normalized spacial score (nSPS) is 9.00. The van der Waals surface area contributed by atoms with Gasteiger partial charge in [-0.1, -0.05) is 36.4 Å². The second-order valence-corrected chi connectivity index (χ2v) is 2.37. The van der Waals surface area contributed by atoms with E-state index >= 15 is 0 Å². The van der Waals surface area contributed by atoms with Crippen LogP contribution in [0.3, 0.4) is 0 Å². The van der Waals surface area contributed by atoms with Gasteiger partial charge in [0.05, 0.1) is 0 Å². The Kier molecular flexibility index (Phi) is 6.06. The lowest BCUT2D eigenvalue weighted by Gasteiger charge is -1.91. The van der Waals surface area contributed by atoms with Crippen molar-refractivity contribution in [2.45, 2.75) is 6.92 Å². The lowest BCUT2D eigenvalue weighted by atomic mass is 10.2. The fourth-order valence-electron chi connectivity index (χ4n) is 0.791. The van der Waals surface area contributed by atoms with Gasteiger partial charge < -0.3 is 5.41 Å². The van der Waals surface area contributed by atoms with Crippen LogP contribution in [0, 0.1) is 12.3 Å². The minimum atomic E-state index is 1.11. The molecule has 13 heavy (non-hydrogen) atoms. The van der Waals surface area contributed by atoms with Gasteiger partial charge in [0.1, 0.15) is 0 Å². The van der Waals surface area contributed by atoms with Crippen molar-refractivity contribution >= 4 is 12.9 Å². The molecule has 0 atom stereocenters. The molecule has 0 saturated heterocycles. The van der Waals surface area contributed by atoms with E-state index in [0.717, 1.165) is 5.56 Å². The van der Waals surface area contributed by atoms with Gasteiger partial charge in [-0.05, 0) is 19.2 Å².